The van der Waals surface area contributed by atoms with Crippen LogP contribution in [0.2, 0.25) is 0 Å². The van der Waals surface area contributed by atoms with Crippen LogP contribution >= 0.6 is 0 Å². The molecule has 0 saturated heterocycles. The zero-order chi connectivity index (χ0) is 8.15. The van der Waals surface area contributed by atoms with Crippen LogP contribution in [0, 0.1) is 5.92 Å². The lowest BCUT2D eigenvalue weighted by Gasteiger charge is -2.09. The first-order chi connectivity index (χ1) is 4.57. The normalized spacial score (nSPS) is 13.6. The van der Waals surface area contributed by atoms with E-state index < -0.39 is 24.7 Å². The van der Waals surface area contributed by atoms with Crippen LogP contribution in [0.15, 0.2) is 0 Å². The fraction of sp³-hybridized carbons (Fsp3) is 0.800. The fourth-order valence-corrected chi connectivity index (χ4v) is 0.500. The number of halogens is 2. The van der Waals surface area contributed by atoms with Crippen LogP contribution in [0.3, 0.4) is 0 Å². The maximum atomic E-state index is 11.7. The summed E-state index contributed by atoms with van der Waals surface area (Å²) in [7, 11) is 0. The molecule has 0 aromatic rings. The molecule has 1 unspecified atom stereocenters. The van der Waals surface area contributed by atoms with Gasteiger partial charge < -0.3 is 10.8 Å². The molecule has 10 heavy (non-hydrogen) atoms. The molecule has 0 fully saturated rings. The van der Waals surface area contributed by atoms with E-state index in [1.165, 1.54) is 0 Å². The molecule has 0 radical (unpaired) electrons. The Balaban J connectivity index is 3.71. The van der Waals surface area contributed by atoms with Crippen molar-refractivity contribution in [3.63, 3.8) is 0 Å². The van der Waals surface area contributed by atoms with Gasteiger partial charge in [-0.2, -0.15) is 0 Å². The maximum absolute atomic E-state index is 11.7. The van der Waals surface area contributed by atoms with Crippen molar-refractivity contribution < 1.29 is 18.7 Å². The van der Waals surface area contributed by atoms with Gasteiger partial charge in [-0.05, 0) is 0 Å². The molecule has 0 aromatic carbocycles. The molecule has 0 aliphatic rings. The molecule has 60 valence electrons. The SMILES string of the molecule is NCC(CC(=O)O)C(F)F. The Hall–Kier alpha value is -0.710. The van der Waals surface area contributed by atoms with Gasteiger partial charge in [0.15, 0.2) is 0 Å². The second-order valence-electron chi connectivity index (χ2n) is 1.93. The molecule has 0 spiro atoms. The average Bonchev–Trinajstić information content (AvgIpc) is 1.81. The van der Waals surface area contributed by atoms with E-state index in [4.69, 9.17) is 10.8 Å². The van der Waals surface area contributed by atoms with E-state index in [1.807, 2.05) is 0 Å². The number of hydrogen-bond donors (Lipinski definition) is 2. The lowest BCUT2D eigenvalue weighted by molar-refractivity contribution is -0.139. The van der Waals surface area contributed by atoms with E-state index >= 15 is 0 Å². The minimum atomic E-state index is -2.64. The lowest BCUT2D eigenvalue weighted by atomic mass is 10.1. The van der Waals surface area contributed by atoms with Crippen molar-refractivity contribution in [3.05, 3.63) is 0 Å². The number of hydrogen-bond acceptors (Lipinski definition) is 2. The Morgan fingerprint density at radius 1 is 1.60 bits per heavy atom. The Morgan fingerprint density at radius 2 is 2.10 bits per heavy atom. The molecule has 0 saturated carbocycles. The molecule has 0 rings (SSSR count). The number of aliphatic carboxylic acids is 1. The van der Waals surface area contributed by atoms with Crippen LogP contribution in [0.1, 0.15) is 6.42 Å². The molecular weight excluding hydrogens is 144 g/mol. The summed E-state index contributed by atoms with van der Waals surface area (Å²) in [6.45, 7) is -0.288. The van der Waals surface area contributed by atoms with E-state index in [2.05, 4.69) is 0 Å². The summed E-state index contributed by atoms with van der Waals surface area (Å²) in [4.78, 5) is 9.88. The van der Waals surface area contributed by atoms with Gasteiger partial charge in [0.1, 0.15) is 0 Å². The lowest BCUT2D eigenvalue weighted by Crippen LogP contribution is -2.24. The third-order valence-corrected chi connectivity index (χ3v) is 1.10. The van der Waals surface area contributed by atoms with Gasteiger partial charge in [0, 0.05) is 12.5 Å². The second-order valence-corrected chi connectivity index (χ2v) is 1.93. The van der Waals surface area contributed by atoms with Crippen molar-refractivity contribution in [2.75, 3.05) is 6.54 Å². The summed E-state index contributed by atoms with van der Waals surface area (Å²) in [6, 6.07) is 0. The molecule has 3 nitrogen and oxygen atoms in total. The van der Waals surface area contributed by atoms with Crippen LogP contribution in [0.25, 0.3) is 0 Å². The van der Waals surface area contributed by atoms with E-state index in [-0.39, 0.29) is 6.54 Å². The molecule has 5 heteroatoms. The second kappa shape index (κ2) is 4.16. The van der Waals surface area contributed by atoms with Crippen molar-refractivity contribution in [1.82, 2.24) is 0 Å². The number of rotatable bonds is 4. The number of carboxylic acids is 1. The molecular formula is C5H9F2NO2. The summed E-state index contributed by atoms with van der Waals surface area (Å²) < 4.78 is 23.4. The van der Waals surface area contributed by atoms with Gasteiger partial charge >= 0.3 is 5.97 Å². The topological polar surface area (TPSA) is 63.3 Å². The Kier molecular flexibility index (Phi) is 3.87. The molecule has 1 atom stereocenters. The van der Waals surface area contributed by atoms with Gasteiger partial charge in [-0.25, -0.2) is 8.78 Å². The average molecular weight is 153 g/mol. The van der Waals surface area contributed by atoms with Crippen molar-refractivity contribution in [1.29, 1.82) is 0 Å². The number of carboxylic acid groups (broad SMARTS) is 1. The first kappa shape index (κ1) is 9.29. The highest BCUT2D eigenvalue weighted by molar-refractivity contribution is 5.67. The summed E-state index contributed by atoms with van der Waals surface area (Å²) in [5.41, 5.74) is 4.88. The van der Waals surface area contributed by atoms with Crippen molar-refractivity contribution in [2.45, 2.75) is 12.8 Å². The Morgan fingerprint density at radius 3 is 2.20 bits per heavy atom. The summed E-state index contributed by atoms with van der Waals surface area (Å²) in [5, 5.41) is 8.07. The first-order valence-electron chi connectivity index (χ1n) is 2.78. The summed E-state index contributed by atoms with van der Waals surface area (Å²) in [5.74, 6) is -2.45. The first-order valence-corrected chi connectivity index (χ1v) is 2.78. The monoisotopic (exact) mass is 153 g/mol. The van der Waals surface area contributed by atoms with Gasteiger partial charge in [0.05, 0.1) is 6.42 Å². The molecule has 0 aliphatic heterocycles. The minimum absolute atomic E-state index is 0.288. The maximum Gasteiger partial charge on any atom is 0.303 e. The minimum Gasteiger partial charge on any atom is -0.481 e. The van der Waals surface area contributed by atoms with Gasteiger partial charge in [-0.15, -0.1) is 0 Å². The van der Waals surface area contributed by atoms with Crippen LogP contribution < -0.4 is 5.73 Å². The highest BCUT2D eigenvalue weighted by Gasteiger charge is 2.21. The van der Waals surface area contributed by atoms with Gasteiger partial charge in [0.25, 0.3) is 0 Å². The highest BCUT2D eigenvalue weighted by atomic mass is 19.3. The highest BCUT2D eigenvalue weighted by Crippen LogP contribution is 2.11. The zero-order valence-electron chi connectivity index (χ0n) is 5.26. The van der Waals surface area contributed by atoms with E-state index in [0.29, 0.717) is 0 Å². The number of alkyl halides is 2. The van der Waals surface area contributed by atoms with Gasteiger partial charge in [-0.3, -0.25) is 4.79 Å². The Bertz CT molecular complexity index is 118. The molecule has 3 N–H and O–H groups in total. The number of carbonyl (C=O) groups is 1. The van der Waals surface area contributed by atoms with E-state index in [9.17, 15) is 13.6 Å². The standard InChI is InChI=1S/C5H9F2NO2/c6-5(7)3(2-8)1-4(9)10/h3,5H,1-2,8H2,(H,9,10). The van der Waals surface area contributed by atoms with Crippen molar-refractivity contribution >= 4 is 5.97 Å². The zero-order valence-corrected chi connectivity index (χ0v) is 5.26. The molecule has 0 aromatic heterocycles. The quantitative estimate of drug-likeness (QED) is 0.610. The van der Waals surface area contributed by atoms with Gasteiger partial charge in [0.2, 0.25) is 6.43 Å². The fourth-order valence-electron chi connectivity index (χ4n) is 0.500. The van der Waals surface area contributed by atoms with Crippen molar-refractivity contribution in [3.8, 4) is 0 Å². The van der Waals surface area contributed by atoms with Crippen LogP contribution in [-0.4, -0.2) is 24.0 Å². The van der Waals surface area contributed by atoms with Crippen LogP contribution in [-0.2, 0) is 4.79 Å². The molecule has 0 amide bonds. The predicted molar refractivity (Wildman–Crippen MR) is 30.8 cm³/mol. The van der Waals surface area contributed by atoms with Crippen LogP contribution in [0.4, 0.5) is 8.78 Å². The summed E-state index contributed by atoms with van der Waals surface area (Å²) >= 11 is 0. The predicted octanol–water partition coefficient (Wildman–Crippen LogP) is 0.301. The third kappa shape index (κ3) is 3.34. The smallest absolute Gasteiger partial charge is 0.303 e. The molecule has 0 aliphatic carbocycles. The largest absolute Gasteiger partial charge is 0.481 e. The number of nitrogens with two attached hydrogens (primary N) is 1. The van der Waals surface area contributed by atoms with Gasteiger partial charge in [-0.1, -0.05) is 0 Å². The van der Waals surface area contributed by atoms with E-state index in [0.717, 1.165) is 0 Å². The van der Waals surface area contributed by atoms with E-state index in [1.54, 1.807) is 0 Å². The van der Waals surface area contributed by atoms with Crippen LogP contribution in [0.5, 0.6) is 0 Å². The molecule has 0 heterocycles. The molecule has 0 bridgehead atoms. The van der Waals surface area contributed by atoms with Crippen molar-refractivity contribution in [2.24, 2.45) is 11.7 Å². The summed E-state index contributed by atoms with van der Waals surface area (Å²) in [6.07, 6.45) is -3.20. The Labute approximate surface area is 56.8 Å². The third-order valence-electron chi connectivity index (χ3n) is 1.10.